The van der Waals surface area contributed by atoms with Crippen LogP contribution in [0.25, 0.3) is 0 Å². The van der Waals surface area contributed by atoms with Gasteiger partial charge in [0, 0.05) is 11.1 Å². The zero-order valence-electron chi connectivity index (χ0n) is 15.2. The fourth-order valence-electron chi connectivity index (χ4n) is 2.29. The van der Waals surface area contributed by atoms with E-state index in [-0.39, 0.29) is 5.91 Å². The van der Waals surface area contributed by atoms with E-state index in [0.717, 1.165) is 11.1 Å². The van der Waals surface area contributed by atoms with Crippen molar-refractivity contribution >= 4 is 11.8 Å². The quantitative estimate of drug-likeness (QED) is 0.838. The molecule has 1 N–H and O–H groups in total. The van der Waals surface area contributed by atoms with Crippen molar-refractivity contribution < 1.29 is 14.0 Å². The van der Waals surface area contributed by atoms with Crippen molar-refractivity contribution in [1.29, 1.82) is 0 Å². The minimum atomic E-state index is -0.652. The molecule has 0 aliphatic heterocycles. The highest BCUT2D eigenvalue weighted by molar-refractivity contribution is 5.99. The van der Waals surface area contributed by atoms with Crippen molar-refractivity contribution in [2.75, 3.05) is 0 Å². The third kappa shape index (κ3) is 4.44. The molecule has 0 saturated heterocycles. The minimum absolute atomic E-state index is 0.303. The molecule has 0 radical (unpaired) electrons. The summed E-state index contributed by atoms with van der Waals surface area (Å²) in [4.78, 5) is 25.4. The number of carbonyl (C=O) groups is 2. The molecule has 5 heteroatoms. The predicted molar refractivity (Wildman–Crippen MR) is 95.7 cm³/mol. The molecule has 25 heavy (non-hydrogen) atoms. The Kier molecular flexibility index (Phi) is 5.26. The second kappa shape index (κ2) is 7.05. The number of hydrazine groups is 1. The number of nitrogens with one attached hydrogen (secondary N) is 1. The molecule has 0 aliphatic carbocycles. The number of amides is 2. The Morgan fingerprint density at radius 1 is 0.920 bits per heavy atom. The molecule has 0 heterocycles. The molecule has 0 aliphatic rings. The number of rotatable bonds is 2. The van der Waals surface area contributed by atoms with Crippen LogP contribution in [0.4, 0.5) is 4.39 Å². The van der Waals surface area contributed by atoms with Crippen LogP contribution in [0.3, 0.4) is 0 Å². The van der Waals surface area contributed by atoms with E-state index in [2.05, 4.69) is 5.43 Å². The Morgan fingerprint density at radius 3 is 2.00 bits per heavy atom. The lowest BCUT2D eigenvalue weighted by Gasteiger charge is -2.35. The Morgan fingerprint density at radius 2 is 1.48 bits per heavy atom. The first-order valence-electron chi connectivity index (χ1n) is 8.08. The Balaban J connectivity index is 2.28. The molecule has 0 bridgehead atoms. The van der Waals surface area contributed by atoms with Gasteiger partial charge in [-0.25, -0.2) is 9.40 Å². The lowest BCUT2D eigenvalue weighted by molar-refractivity contribution is 0.0358. The zero-order chi connectivity index (χ0) is 18.8. The molecule has 2 aromatic carbocycles. The van der Waals surface area contributed by atoms with Gasteiger partial charge in [-0.3, -0.25) is 15.0 Å². The number of hydrogen-bond donors (Lipinski definition) is 1. The number of carbonyl (C=O) groups excluding carboxylic acids is 2. The highest BCUT2D eigenvalue weighted by Crippen LogP contribution is 2.17. The van der Waals surface area contributed by atoms with E-state index < -0.39 is 17.3 Å². The van der Waals surface area contributed by atoms with Gasteiger partial charge in [-0.1, -0.05) is 6.07 Å². The van der Waals surface area contributed by atoms with Crippen LogP contribution in [-0.2, 0) is 0 Å². The fourth-order valence-corrected chi connectivity index (χ4v) is 2.29. The van der Waals surface area contributed by atoms with Crippen molar-refractivity contribution in [3.63, 3.8) is 0 Å². The van der Waals surface area contributed by atoms with Gasteiger partial charge in [0.05, 0.1) is 5.54 Å². The maximum atomic E-state index is 13.1. The lowest BCUT2D eigenvalue weighted by Crippen LogP contribution is -2.55. The first-order valence-corrected chi connectivity index (χ1v) is 8.08. The summed E-state index contributed by atoms with van der Waals surface area (Å²) in [7, 11) is 0. The monoisotopic (exact) mass is 342 g/mol. The van der Waals surface area contributed by atoms with Crippen molar-refractivity contribution in [3.8, 4) is 0 Å². The van der Waals surface area contributed by atoms with E-state index in [9.17, 15) is 14.0 Å². The summed E-state index contributed by atoms with van der Waals surface area (Å²) in [5, 5.41) is 1.28. The van der Waals surface area contributed by atoms with E-state index in [1.54, 1.807) is 12.1 Å². The van der Waals surface area contributed by atoms with Gasteiger partial charge in [-0.15, -0.1) is 0 Å². The van der Waals surface area contributed by atoms with Gasteiger partial charge in [0.1, 0.15) is 5.82 Å². The third-order valence-electron chi connectivity index (χ3n) is 3.95. The van der Waals surface area contributed by atoms with E-state index in [0.29, 0.717) is 11.1 Å². The van der Waals surface area contributed by atoms with Gasteiger partial charge in [-0.2, -0.15) is 0 Å². The lowest BCUT2D eigenvalue weighted by atomic mass is 10.0. The molecule has 2 aromatic rings. The average Bonchev–Trinajstić information content (AvgIpc) is 2.54. The Hall–Kier alpha value is -2.69. The van der Waals surface area contributed by atoms with Crippen LogP contribution in [-0.4, -0.2) is 22.4 Å². The van der Waals surface area contributed by atoms with Crippen molar-refractivity contribution in [3.05, 3.63) is 70.5 Å². The van der Waals surface area contributed by atoms with Crippen molar-refractivity contribution in [1.82, 2.24) is 10.4 Å². The van der Waals surface area contributed by atoms with E-state index in [1.165, 1.54) is 29.3 Å². The molecule has 2 amide bonds. The van der Waals surface area contributed by atoms with Gasteiger partial charge in [0.2, 0.25) is 0 Å². The molecule has 0 spiro atoms. The summed E-state index contributed by atoms with van der Waals surface area (Å²) in [5.41, 5.74) is 4.90. The van der Waals surface area contributed by atoms with Crippen LogP contribution in [0.1, 0.15) is 52.6 Å². The third-order valence-corrected chi connectivity index (χ3v) is 3.95. The summed E-state index contributed by atoms with van der Waals surface area (Å²) < 4.78 is 13.1. The predicted octanol–water partition coefficient (Wildman–Crippen LogP) is 4.03. The summed E-state index contributed by atoms with van der Waals surface area (Å²) in [6.45, 7) is 9.34. The maximum Gasteiger partial charge on any atom is 0.272 e. The molecule has 0 unspecified atom stereocenters. The number of aryl methyl sites for hydroxylation is 2. The van der Waals surface area contributed by atoms with E-state index in [1.807, 2.05) is 40.7 Å². The summed E-state index contributed by atoms with van der Waals surface area (Å²) in [6, 6.07) is 10.6. The molecule has 0 aromatic heterocycles. The standard InChI is InChI=1S/C20H23FN2O2/c1-13-6-7-16(12-14(13)2)18(24)22-23(20(3,4)5)19(25)15-8-10-17(21)11-9-15/h6-12H,1-5H3,(H,22,24). The van der Waals surface area contributed by atoms with Gasteiger partial charge < -0.3 is 0 Å². The average molecular weight is 342 g/mol. The number of benzene rings is 2. The summed E-state index contributed by atoms with van der Waals surface area (Å²) in [5.74, 6) is -1.18. The summed E-state index contributed by atoms with van der Waals surface area (Å²) >= 11 is 0. The number of nitrogens with zero attached hydrogens (tertiary/aromatic N) is 1. The SMILES string of the molecule is Cc1ccc(C(=O)NN(C(=O)c2ccc(F)cc2)C(C)(C)C)cc1C. The van der Waals surface area contributed by atoms with Crippen molar-refractivity contribution in [2.24, 2.45) is 0 Å². The molecule has 0 fully saturated rings. The summed E-state index contributed by atoms with van der Waals surface area (Å²) in [6.07, 6.45) is 0. The second-order valence-corrected chi connectivity index (χ2v) is 7.06. The molecule has 4 nitrogen and oxygen atoms in total. The van der Waals surface area contributed by atoms with Gasteiger partial charge in [0.15, 0.2) is 0 Å². The first kappa shape index (κ1) is 18.6. The zero-order valence-corrected chi connectivity index (χ0v) is 15.2. The number of hydrogen-bond acceptors (Lipinski definition) is 2. The molecule has 132 valence electrons. The van der Waals surface area contributed by atoms with E-state index in [4.69, 9.17) is 0 Å². The highest BCUT2D eigenvalue weighted by atomic mass is 19.1. The minimum Gasteiger partial charge on any atom is -0.267 e. The normalized spacial score (nSPS) is 11.1. The molecular formula is C20H23FN2O2. The molecule has 0 saturated carbocycles. The van der Waals surface area contributed by atoms with Gasteiger partial charge >= 0.3 is 0 Å². The van der Waals surface area contributed by atoms with Crippen molar-refractivity contribution in [2.45, 2.75) is 40.2 Å². The molecule has 2 rings (SSSR count). The van der Waals surface area contributed by atoms with E-state index >= 15 is 0 Å². The molecular weight excluding hydrogens is 319 g/mol. The number of halogens is 1. The Labute approximate surface area is 147 Å². The van der Waals surface area contributed by atoms with Crippen LogP contribution in [0.5, 0.6) is 0 Å². The topological polar surface area (TPSA) is 49.4 Å². The van der Waals surface area contributed by atoms with Gasteiger partial charge in [-0.05, 0) is 82.1 Å². The highest BCUT2D eigenvalue weighted by Gasteiger charge is 2.29. The van der Waals surface area contributed by atoms with Crippen LogP contribution >= 0.6 is 0 Å². The smallest absolute Gasteiger partial charge is 0.267 e. The second-order valence-electron chi connectivity index (χ2n) is 7.06. The van der Waals surface area contributed by atoms with Crippen LogP contribution in [0.15, 0.2) is 42.5 Å². The van der Waals surface area contributed by atoms with Crippen LogP contribution < -0.4 is 5.43 Å². The van der Waals surface area contributed by atoms with Crippen LogP contribution in [0.2, 0.25) is 0 Å². The van der Waals surface area contributed by atoms with Crippen LogP contribution in [0, 0.1) is 19.7 Å². The molecule has 0 atom stereocenters. The first-order chi connectivity index (χ1) is 11.6. The Bertz CT molecular complexity index is 792. The van der Waals surface area contributed by atoms with Gasteiger partial charge in [0.25, 0.3) is 11.8 Å². The largest absolute Gasteiger partial charge is 0.272 e. The fraction of sp³-hybridized carbons (Fsp3) is 0.300. The maximum absolute atomic E-state index is 13.1.